The van der Waals surface area contributed by atoms with Gasteiger partial charge in [-0.05, 0) is 57.4 Å². The molecular formula is C22H29ClN4O2. The van der Waals surface area contributed by atoms with Crippen molar-refractivity contribution in [2.45, 2.75) is 39.2 Å². The third-order valence-corrected chi connectivity index (χ3v) is 6.24. The SMILES string of the molecule is CC(C)(C)OC(=O)N1CC2CC(CNc3c(N)c(Cl)nc4ccccc34)CC2C1. The summed E-state index contributed by atoms with van der Waals surface area (Å²) in [4.78, 5) is 18.6. The van der Waals surface area contributed by atoms with Crippen molar-refractivity contribution in [2.75, 3.05) is 30.7 Å². The minimum absolute atomic E-state index is 0.188. The van der Waals surface area contributed by atoms with Crippen molar-refractivity contribution >= 4 is 40.0 Å². The van der Waals surface area contributed by atoms with E-state index in [9.17, 15) is 4.79 Å². The smallest absolute Gasteiger partial charge is 0.410 e. The van der Waals surface area contributed by atoms with E-state index in [1.807, 2.05) is 49.9 Å². The van der Waals surface area contributed by atoms with E-state index >= 15 is 0 Å². The average molecular weight is 417 g/mol. The van der Waals surface area contributed by atoms with Crippen LogP contribution >= 0.6 is 11.6 Å². The Morgan fingerprint density at radius 2 is 1.93 bits per heavy atom. The number of carbonyl (C=O) groups excluding carboxylic acids is 1. The summed E-state index contributed by atoms with van der Waals surface area (Å²) in [7, 11) is 0. The predicted molar refractivity (Wildman–Crippen MR) is 117 cm³/mol. The van der Waals surface area contributed by atoms with Crippen LogP contribution in [-0.4, -0.2) is 41.2 Å². The molecule has 0 bridgehead atoms. The lowest BCUT2D eigenvalue weighted by molar-refractivity contribution is 0.0278. The van der Waals surface area contributed by atoms with Crippen molar-refractivity contribution in [2.24, 2.45) is 17.8 Å². The maximum Gasteiger partial charge on any atom is 0.410 e. The summed E-state index contributed by atoms with van der Waals surface area (Å²) in [5, 5.41) is 4.86. The summed E-state index contributed by atoms with van der Waals surface area (Å²) in [6, 6.07) is 7.88. The lowest BCUT2D eigenvalue weighted by atomic mass is 10.0. The van der Waals surface area contributed by atoms with Gasteiger partial charge in [0, 0.05) is 25.0 Å². The second kappa shape index (κ2) is 7.56. The first-order valence-electron chi connectivity index (χ1n) is 10.3. The van der Waals surface area contributed by atoms with Crippen LogP contribution < -0.4 is 11.1 Å². The molecule has 1 aliphatic carbocycles. The van der Waals surface area contributed by atoms with Gasteiger partial charge < -0.3 is 20.7 Å². The number of hydrogen-bond acceptors (Lipinski definition) is 5. The molecule has 2 aromatic rings. The number of hydrogen-bond donors (Lipinski definition) is 2. The van der Waals surface area contributed by atoms with E-state index in [1.54, 1.807) is 0 Å². The van der Waals surface area contributed by atoms with Gasteiger partial charge in [-0.2, -0.15) is 0 Å². The molecule has 2 aliphatic rings. The number of halogens is 1. The summed E-state index contributed by atoms with van der Waals surface area (Å²) in [6.07, 6.45) is 2.02. The number of ether oxygens (including phenoxy) is 1. The molecule has 2 fully saturated rings. The zero-order valence-corrected chi connectivity index (χ0v) is 18.0. The molecule has 0 spiro atoms. The number of nitrogen functional groups attached to an aromatic ring is 1. The van der Waals surface area contributed by atoms with Crippen LogP contribution in [0.4, 0.5) is 16.2 Å². The van der Waals surface area contributed by atoms with Gasteiger partial charge in [-0.3, -0.25) is 0 Å². The van der Waals surface area contributed by atoms with E-state index in [4.69, 9.17) is 22.1 Å². The maximum atomic E-state index is 12.3. The van der Waals surface area contributed by atoms with E-state index in [0.717, 1.165) is 49.1 Å². The largest absolute Gasteiger partial charge is 0.444 e. The number of fused-ring (bicyclic) bond motifs is 2. The first-order chi connectivity index (χ1) is 13.7. The van der Waals surface area contributed by atoms with Crippen molar-refractivity contribution in [3.8, 4) is 0 Å². The molecule has 1 aliphatic heterocycles. The monoisotopic (exact) mass is 416 g/mol. The Morgan fingerprint density at radius 3 is 2.59 bits per heavy atom. The highest BCUT2D eigenvalue weighted by Gasteiger charge is 2.43. The Kier molecular flexibility index (Phi) is 5.23. The average Bonchev–Trinajstić information content (AvgIpc) is 3.19. The van der Waals surface area contributed by atoms with Crippen LogP contribution in [0.1, 0.15) is 33.6 Å². The molecule has 7 heteroatoms. The van der Waals surface area contributed by atoms with Crippen molar-refractivity contribution in [3.05, 3.63) is 29.4 Å². The maximum absolute atomic E-state index is 12.3. The normalized spacial score (nSPS) is 24.0. The number of anilines is 2. The fourth-order valence-electron chi connectivity index (χ4n) is 4.70. The molecule has 3 N–H and O–H groups in total. The van der Waals surface area contributed by atoms with E-state index in [0.29, 0.717) is 28.6 Å². The van der Waals surface area contributed by atoms with E-state index in [1.165, 1.54) is 0 Å². The molecule has 4 rings (SSSR count). The van der Waals surface area contributed by atoms with E-state index in [2.05, 4.69) is 10.3 Å². The van der Waals surface area contributed by atoms with Gasteiger partial charge in [0.2, 0.25) is 0 Å². The first kappa shape index (κ1) is 20.1. The van der Waals surface area contributed by atoms with Gasteiger partial charge in [-0.25, -0.2) is 9.78 Å². The Balaban J connectivity index is 1.37. The molecule has 6 nitrogen and oxygen atoms in total. The number of nitrogens with one attached hydrogen (secondary N) is 1. The Hall–Kier alpha value is -2.21. The van der Waals surface area contributed by atoms with Crippen molar-refractivity contribution in [3.63, 3.8) is 0 Å². The molecule has 156 valence electrons. The van der Waals surface area contributed by atoms with Gasteiger partial charge in [-0.1, -0.05) is 29.8 Å². The Bertz CT molecular complexity index is 913. The van der Waals surface area contributed by atoms with Crippen molar-refractivity contribution in [1.29, 1.82) is 0 Å². The lowest BCUT2D eigenvalue weighted by Gasteiger charge is -2.25. The molecule has 1 saturated heterocycles. The first-order valence-corrected chi connectivity index (χ1v) is 10.6. The van der Waals surface area contributed by atoms with Crippen LogP contribution in [0, 0.1) is 17.8 Å². The van der Waals surface area contributed by atoms with E-state index in [-0.39, 0.29) is 6.09 Å². The second-order valence-corrected chi connectivity index (χ2v) is 9.69. The molecule has 1 aromatic carbocycles. The minimum atomic E-state index is -0.449. The lowest BCUT2D eigenvalue weighted by Crippen LogP contribution is -2.36. The van der Waals surface area contributed by atoms with Crippen LogP contribution in [0.25, 0.3) is 10.9 Å². The molecule has 1 aromatic heterocycles. The third kappa shape index (κ3) is 4.22. The summed E-state index contributed by atoms with van der Waals surface area (Å²) in [5.41, 5.74) is 7.97. The molecule has 2 unspecified atom stereocenters. The van der Waals surface area contributed by atoms with Gasteiger partial charge >= 0.3 is 6.09 Å². The number of nitrogens with zero attached hydrogens (tertiary/aromatic N) is 2. The van der Waals surface area contributed by atoms with Crippen molar-refractivity contribution < 1.29 is 9.53 Å². The van der Waals surface area contributed by atoms with Crippen LogP contribution in [0.5, 0.6) is 0 Å². The molecule has 1 amide bonds. The highest BCUT2D eigenvalue weighted by molar-refractivity contribution is 6.33. The standard InChI is InChI=1S/C22H29ClN4O2/c1-22(2,3)29-21(28)27-11-14-8-13(9-15(14)12-27)10-25-19-16-6-4-5-7-17(16)26-20(23)18(19)24/h4-7,13-15H,8-12,24H2,1-3H3,(H,25,26). The number of nitrogens with two attached hydrogens (primary N) is 1. The van der Waals surface area contributed by atoms with Crippen LogP contribution in [0.15, 0.2) is 24.3 Å². The quantitative estimate of drug-likeness (QED) is 0.704. The fraction of sp³-hybridized carbons (Fsp3) is 0.545. The fourth-order valence-corrected chi connectivity index (χ4v) is 4.89. The molecule has 2 heterocycles. The number of para-hydroxylation sites is 1. The number of pyridine rings is 1. The number of carbonyl (C=O) groups is 1. The molecular weight excluding hydrogens is 388 g/mol. The number of rotatable bonds is 3. The van der Waals surface area contributed by atoms with Crippen LogP contribution in [0.2, 0.25) is 5.15 Å². The third-order valence-electron chi connectivity index (χ3n) is 5.95. The zero-order chi connectivity index (χ0) is 20.8. The summed E-state index contributed by atoms with van der Waals surface area (Å²) in [5.74, 6) is 1.64. The van der Waals surface area contributed by atoms with E-state index < -0.39 is 5.60 Å². The van der Waals surface area contributed by atoms with Gasteiger partial charge in [0.15, 0.2) is 5.15 Å². The predicted octanol–water partition coefficient (Wildman–Crippen LogP) is 4.78. The zero-order valence-electron chi connectivity index (χ0n) is 17.2. The molecule has 0 radical (unpaired) electrons. The number of amides is 1. The van der Waals surface area contributed by atoms with Crippen molar-refractivity contribution in [1.82, 2.24) is 9.88 Å². The number of aromatic nitrogens is 1. The molecule has 2 atom stereocenters. The molecule has 1 saturated carbocycles. The Morgan fingerprint density at radius 1 is 1.28 bits per heavy atom. The topological polar surface area (TPSA) is 80.5 Å². The summed E-state index contributed by atoms with van der Waals surface area (Å²) >= 11 is 6.23. The van der Waals surface area contributed by atoms with Gasteiger partial charge in [0.25, 0.3) is 0 Å². The molecule has 29 heavy (non-hydrogen) atoms. The highest BCUT2D eigenvalue weighted by Crippen LogP contribution is 2.42. The summed E-state index contributed by atoms with van der Waals surface area (Å²) < 4.78 is 5.53. The number of likely N-dealkylation sites (tertiary alicyclic amines) is 1. The second-order valence-electron chi connectivity index (χ2n) is 9.33. The van der Waals surface area contributed by atoms with Crippen LogP contribution in [-0.2, 0) is 4.74 Å². The van der Waals surface area contributed by atoms with Gasteiger partial charge in [-0.15, -0.1) is 0 Å². The minimum Gasteiger partial charge on any atom is -0.444 e. The van der Waals surface area contributed by atoms with Crippen LogP contribution in [0.3, 0.4) is 0 Å². The number of benzene rings is 1. The van der Waals surface area contributed by atoms with Gasteiger partial charge in [0.05, 0.1) is 16.9 Å². The van der Waals surface area contributed by atoms with Gasteiger partial charge in [0.1, 0.15) is 5.60 Å². The summed E-state index contributed by atoms with van der Waals surface area (Å²) in [6.45, 7) is 8.15. The Labute approximate surface area is 176 Å². The highest BCUT2D eigenvalue weighted by atomic mass is 35.5.